The lowest BCUT2D eigenvalue weighted by molar-refractivity contribution is 0.0984. The standard InChI is InChI=1S/C23H21N3O2/c1-15-7-8-19(16(2)13-15)25-22(27)18-9-11-24-20(14-18)23(28)26-12-10-17-5-3-4-6-21(17)26/h3-9,11,13-14H,10,12H2,1-2H3,(H,25,27). The summed E-state index contributed by atoms with van der Waals surface area (Å²) in [7, 11) is 0. The third-order valence-corrected chi connectivity index (χ3v) is 5.00. The van der Waals surface area contributed by atoms with Crippen molar-refractivity contribution in [1.29, 1.82) is 0 Å². The average molecular weight is 371 g/mol. The SMILES string of the molecule is Cc1ccc(NC(=O)c2ccnc(C(=O)N3CCc4ccccc43)c2)c(C)c1. The molecule has 0 saturated heterocycles. The van der Waals surface area contributed by atoms with E-state index in [4.69, 9.17) is 0 Å². The number of hydrogen-bond donors (Lipinski definition) is 1. The molecule has 0 aliphatic carbocycles. The Morgan fingerprint density at radius 1 is 1.04 bits per heavy atom. The van der Waals surface area contributed by atoms with E-state index in [-0.39, 0.29) is 17.5 Å². The maximum atomic E-state index is 13.0. The molecule has 0 radical (unpaired) electrons. The number of aryl methyl sites for hydroxylation is 2. The van der Waals surface area contributed by atoms with Gasteiger partial charge in [0.1, 0.15) is 5.69 Å². The number of fused-ring (bicyclic) bond motifs is 1. The fourth-order valence-corrected chi connectivity index (χ4v) is 3.52. The van der Waals surface area contributed by atoms with Crippen LogP contribution in [0.2, 0.25) is 0 Å². The number of benzene rings is 2. The van der Waals surface area contributed by atoms with Crippen LogP contribution < -0.4 is 10.2 Å². The molecule has 1 aliphatic rings. The Hall–Kier alpha value is -3.47. The van der Waals surface area contributed by atoms with Gasteiger partial charge in [0, 0.05) is 29.7 Å². The number of nitrogens with one attached hydrogen (secondary N) is 1. The highest BCUT2D eigenvalue weighted by molar-refractivity contribution is 6.09. The molecule has 0 atom stereocenters. The highest BCUT2D eigenvalue weighted by atomic mass is 16.2. The molecule has 28 heavy (non-hydrogen) atoms. The molecular formula is C23H21N3O2. The number of pyridine rings is 1. The highest BCUT2D eigenvalue weighted by Gasteiger charge is 2.26. The number of nitrogens with zero attached hydrogens (tertiary/aromatic N) is 2. The van der Waals surface area contributed by atoms with Gasteiger partial charge in [-0.05, 0) is 55.7 Å². The smallest absolute Gasteiger partial charge is 0.276 e. The van der Waals surface area contributed by atoms with Crippen LogP contribution in [0.1, 0.15) is 37.5 Å². The van der Waals surface area contributed by atoms with Gasteiger partial charge in [0.25, 0.3) is 11.8 Å². The lowest BCUT2D eigenvalue weighted by atomic mass is 10.1. The fraction of sp³-hybridized carbons (Fsp3) is 0.174. The molecule has 4 rings (SSSR count). The summed E-state index contributed by atoms with van der Waals surface area (Å²) in [5.74, 6) is -0.448. The first-order valence-electron chi connectivity index (χ1n) is 9.27. The van der Waals surface area contributed by atoms with E-state index in [0.29, 0.717) is 12.1 Å². The predicted octanol–water partition coefficient (Wildman–Crippen LogP) is 4.15. The molecule has 5 nitrogen and oxygen atoms in total. The minimum absolute atomic E-state index is 0.189. The summed E-state index contributed by atoms with van der Waals surface area (Å²) in [4.78, 5) is 31.6. The van der Waals surface area contributed by atoms with Gasteiger partial charge >= 0.3 is 0 Å². The van der Waals surface area contributed by atoms with Gasteiger partial charge in [-0.15, -0.1) is 0 Å². The van der Waals surface area contributed by atoms with Crippen molar-refractivity contribution in [3.8, 4) is 0 Å². The van der Waals surface area contributed by atoms with Gasteiger partial charge in [-0.2, -0.15) is 0 Å². The van der Waals surface area contributed by atoms with Crippen LogP contribution in [0.15, 0.2) is 60.8 Å². The number of carbonyl (C=O) groups is 2. The van der Waals surface area contributed by atoms with Crippen molar-refractivity contribution in [2.24, 2.45) is 0 Å². The summed E-state index contributed by atoms with van der Waals surface area (Å²) in [5.41, 5.74) is 5.63. The van der Waals surface area contributed by atoms with Crippen molar-refractivity contribution in [2.45, 2.75) is 20.3 Å². The van der Waals surface area contributed by atoms with Crippen molar-refractivity contribution >= 4 is 23.2 Å². The largest absolute Gasteiger partial charge is 0.322 e. The number of rotatable bonds is 3. The van der Waals surface area contributed by atoms with Crippen LogP contribution in [0.5, 0.6) is 0 Å². The Morgan fingerprint density at radius 3 is 2.68 bits per heavy atom. The Labute approximate surface area is 164 Å². The van der Waals surface area contributed by atoms with Crippen LogP contribution in [0, 0.1) is 13.8 Å². The Kier molecular flexibility index (Phi) is 4.65. The molecule has 0 unspecified atom stereocenters. The second-order valence-electron chi connectivity index (χ2n) is 7.04. The number of aromatic nitrogens is 1. The van der Waals surface area contributed by atoms with E-state index in [1.54, 1.807) is 17.0 Å². The molecule has 1 aliphatic heterocycles. The van der Waals surface area contributed by atoms with Crippen LogP contribution in [0.3, 0.4) is 0 Å². The van der Waals surface area contributed by atoms with Crippen LogP contribution in [-0.2, 0) is 6.42 Å². The van der Waals surface area contributed by atoms with Gasteiger partial charge in [-0.3, -0.25) is 14.6 Å². The molecule has 2 aromatic carbocycles. The third-order valence-electron chi connectivity index (χ3n) is 5.00. The van der Waals surface area contributed by atoms with Crippen LogP contribution in [0.25, 0.3) is 0 Å². The Morgan fingerprint density at radius 2 is 1.86 bits per heavy atom. The maximum Gasteiger partial charge on any atom is 0.276 e. The minimum atomic E-state index is -0.259. The van der Waals surface area contributed by atoms with E-state index < -0.39 is 0 Å². The Balaban J connectivity index is 1.56. The molecule has 0 saturated carbocycles. The summed E-state index contributed by atoms with van der Waals surface area (Å²) < 4.78 is 0. The molecule has 0 spiro atoms. The number of anilines is 2. The molecule has 3 aromatic rings. The summed E-state index contributed by atoms with van der Waals surface area (Å²) in [5, 5.41) is 2.91. The second-order valence-corrected chi connectivity index (χ2v) is 7.04. The monoisotopic (exact) mass is 371 g/mol. The lowest BCUT2D eigenvalue weighted by Gasteiger charge is -2.17. The van der Waals surface area contributed by atoms with Gasteiger partial charge in [0.15, 0.2) is 0 Å². The Bertz CT molecular complexity index is 1070. The lowest BCUT2D eigenvalue weighted by Crippen LogP contribution is -2.30. The van der Waals surface area contributed by atoms with E-state index in [2.05, 4.69) is 10.3 Å². The molecular weight excluding hydrogens is 350 g/mol. The van der Waals surface area contributed by atoms with Gasteiger partial charge in [-0.1, -0.05) is 35.9 Å². The first kappa shape index (κ1) is 17.9. The van der Waals surface area contributed by atoms with E-state index in [1.807, 2.05) is 56.3 Å². The third kappa shape index (κ3) is 3.39. The number of para-hydroxylation sites is 1. The van der Waals surface area contributed by atoms with Crippen molar-refractivity contribution in [3.05, 3.63) is 88.7 Å². The van der Waals surface area contributed by atoms with Crippen molar-refractivity contribution < 1.29 is 9.59 Å². The molecule has 2 amide bonds. The quantitative estimate of drug-likeness (QED) is 0.752. The summed E-state index contributed by atoms with van der Waals surface area (Å²) >= 11 is 0. The maximum absolute atomic E-state index is 13.0. The van der Waals surface area contributed by atoms with E-state index in [9.17, 15) is 9.59 Å². The fourth-order valence-electron chi connectivity index (χ4n) is 3.52. The molecule has 0 bridgehead atoms. The number of amides is 2. The average Bonchev–Trinajstić information content (AvgIpc) is 3.14. The van der Waals surface area contributed by atoms with E-state index in [0.717, 1.165) is 34.5 Å². The molecule has 140 valence electrons. The zero-order valence-corrected chi connectivity index (χ0v) is 15.9. The topological polar surface area (TPSA) is 62.3 Å². The van der Waals surface area contributed by atoms with Crippen molar-refractivity contribution in [2.75, 3.05) is 16.8 Å². The van der Waals surface area contributed by atoms with Crippen LogP contribution in [-0.4, -0.2) is 23.3 Å². The second kappa shape index (κ2) is 7.27. The van der Waals surface area contributed by atoms with Crippen LogP contribution in [0.4, 0.5) is 11.4 Å². The van der Waals surface area contributed by atoms with Gasteiger partial charge in [0.2, 0.25) is 0 Å². The van der Waals surface area contributed by atoms with Crippen molar-refractivity contribution in [3.63, 3.8) is 0 Å². The molecule has 2 heterocycles. The van der Waals surface area contributed by atoms with Gasteiger partial charge < -0.3 is 10.2 Å². The predicted molar refractivity (Wildman–Crippen MR) is 110 cm³/mol. The first-order chi connectivity index (χ1) is 13.5. The molecule has 5 heteroatoms. The number of hydrogen-bond acceptors (Lipinski definition) is 3. The molecule has 0 fully saturated rings. The zero-order valence-electron chi connectivity index (χ0n) is 15.9. The van der Waals surface area contributed by atoms with E-state index in [1.165, 1.54) is 6.20 Å². The van der Waals surface area contributed by atoms with Crippen LogP contribution >= 0.6 is 0 Å². The minimum Gasteiger partial charge on any atom is -0.322 e. The van der Waals surface area contributed by atoms with Gasteiger partial charge in [-0.25, -0.2) is 0 Å². The summed E-state index contributed by atoms with van der Waals surface area (Å²) in [6, 6.07) is 16.9. The van der Waals surface area contributed by atoms with Gasteiger partial charge in [0.05, 0.1) is 0 Å². The van der Waals surface area contributed by atoms with E-state index >= 15 is 0 Å². The van der Waals surface area contributed by atoms with Crippen molar-refractivity contribution in [1.82, 2.24) is 4.98 Å². The first-order valence-corrected chi connectivity index (χ1v) is 9.27. The normalized spacial score (nSPS) is 12.6. The summed E-state index contributed by atoms with van der Waals surface area (Å²) in [6.45, 7) is 4.59. The zero-order chi connectivity index (χ0) is 19.7. The summed E-state index contributed by atoms with van der Waals surface area (Å²) in [6.07, 6.45) is 2.33. The number of carbonyl (C=O) groups excluding carboxylic acids is 2. The molecule has 1 aromatic heterocycles. The molecule has 1 N–H and O–H groups in total. The highest BCUT2D eigenvalue weighted by Crippen LogP contribution is 2.28.